The van der Waals surface area contributed by atoms with Gasteiger partial charge in [0.05, 0.1) is 43.2 Å². The largest absolute Gasteiger partial charge is 0.493 e. The molecule has 0 atom stereocenters. The predicted octanol–water partition coefficient (Wildman–Crippen LogP) is 5.35. The summed E-state index contributed by atoms with van der Waals surface area (Å²) in [6.45, 7) is 2.49. The fraction of sp³-hybridized carbons (Fsp3) is 0.375. The first-order valence-corrected chi connectivity index (χ1v) is 12.3. The van der Waals surface area contributed by atoms with E-state index in [-0.39, 0.29) is 0 Å². The van der Waals surface area contributed by atoms with Gasteiger partial charge in [-0.2, -0.15) is 0 Å². The molecule has 10 heteroatoms. The Morgan fingerprint density at radius 2 is 1.76 bits per heavy atom. The molecule has 0 radical (unpaired) electrons. The molecule has 34 heavy (non-hydrogen) atoms. The van der Waals surface area contributed by atoms with Gasteiger partial charge in [0.1, 0.15) is 0 Å². The van der Waals surface area contributed by atoms with Crippen molar-refractivity contribution in [3.8, 4) is 28.7 Å². The van der Waals surface area contributed by atoms with Gasteiger partial charge in [0.25, 0.3) is 4.84 Å². The van der Waals surface area contributed by atoms with Crippen LogP contribution in [0.25, 0.3) is 21.7 Å². The number of likely N-dealkylation sites (tertiary alicyclic amines) is 1. The highest BCUT2D eigenvalue weighted by molar-refractivity contribution is 7.71. The highest BCUT2D eigenvalue weighted by atomic mass is 32.1. The maximum Gasteiger partial charge on any atom is 0.288 e. The molecule has 1 aliphatic heterocycles. The molecule has 1 aliphatic rings. The molecule has 0 unspecified atom stereocenters. The van der Waals surface area contributed by atoms with E-state index in [1.165, 1.54) is 9.71 Å². The summed E-state index contributed by atoms with van der Waals surface area (Å²) in [6.07, 6.45) is 2.12. The molecule has 1 saturated heterocycles. The highest BCUT2D eigenvalue weighted by Crippen LogP contribution is 2.41. The Kier molecular flexibility index (Phi) is 6.53. The molecule has 1 fully saturated rings. The SMILES string of the molecule is COc1cc(-c2nn(CN3CCC(c4nc5ccccc5s4)CC3)c(=S)o2)cc(OC)c1OC. The van der Waals surface area contributed by atoms with Crippen molar-refractivity contribution in [1.29, 1.82) is 0 Å². The van der Waals surface area contributed by atoms with Crippen LogP contribution < -0.4 is 14.2 Å². The average molecular weight is 499 g/mol. The maximum absolute atomic E-state index is 5.82. The molecule has 0 spiro atoms. The van der Waals surface area contributed by atoms with E-state index < -0.39 is 0 Å². The van der Waals surface area contributed by atoms with Gasteiger partial charge in [0.2, 0.25) is 11.6 Å². The van der Waals surface area contributed by atoms with Crippen LogP contribution in [0.3, 0.4) is 0 Å². The smallest absolute Gasteiger partial charge is 0.288 e. The third-order valence-electron chi connectivity index (χ3n) is 6.10. The number of rotatable bonds is 7. The first-order valence-electron chi connectivity index (χ1n) is 11.1. The Morgan fingerprint density at radius 3 is 2.41 bits per heavy atom. The molecule has 4 aromatic rings. The average Bonchev–Trinajstić information content (AvgIpc) is 3.47. The predicted molar refractivity (Wildman–Crippen MR) is 134 cm³/mol. The van der Waals surface area contributed by atoms with Crippen LogP contribution in [-0.2, 0) is 6.67 Å². The molecule has 3 heterocycles. The molecule has 0 bridgehead atoms. The second kappa shape index (κ2) is 9.73. The van der Waals surface area contributed by atoms with E-state index >= 15 is 0 Å². The number of para-hydroxylation sites is 1. The molecule has 0 N–H and O–H groups in total. The Balaban J connectivity index is 1.29. The number of thiazole rings is 1. The zero-order chi connectivity index (χ0) is 23.7. The maximum atomic E-state index is 5.82. The molecule has 5 rings (SSSR count). The molecule has 2 aromatic carbocycles. The van der Waals surface area contributed by atoms with Crippen molar-refractivity contribution in [3.05, 3.63) is 46.2 Å². The molecule has 0 aliphatic carbocycles. The molecule has 0 saturated carbocycles. The van der Waals surface area contributed by atoms with Crippen molar-refractivity contribution in [2.24, 2.45) is 0 Å². The number of hydrogen-bond acceptors (Lipinski definition) is 9. The van der Waals surface area contributed by atoms with Gasteiger partial charge in [0, 0.05) is 24.6 Å². The molecule has 0 amide bonds. The van der Waals surface area contributed by atoms with Gasteiger partial charge < -0.3 is 18.6 Å². The number of nitrogens with zero attached hydrogens (tertiary/aromatic N) is 4. The molecule has 2 aromatic heterocycles. The van der Waals surface area contributed by atoms with Gasteiger partial charge in [-0.3, -0.25) is 4.90 Å². The molecule has 8 nitrogen and oxygen atoms in total. The summed E-state index contributed by atoms with van der Waals surface area (Å²) < 4.78 is 25.1. The van der Waals surface area contributed by atoms with Crippen LogP contribution in [-0.4, -0.2) is 54.1 Å². The fourth-order valence-electron chi connectivity index (χ4n) is 4.29. The van der Waals surface area contributed by atoms with Crippen LogP contribution >= 0.6 is 23.6 Å². The third kappa shape index (κ3) is 4.40. The van der Waals surface area contributed by atoms with Crippen molar-refractivity contribution in [3.63, 3.8) is 0 Å². The number of fused-ring (bicyclic) bond motifs is 1. The standard InChI is InChI=1S/C24H26N4O4S2/c1-29-18-12-16(13-19(30-2)21(18)31-3)22-26-28(24(33)32-22)14-27-10-8-15(9-11-27)23-25-17-6-4-5-7-20(17)34-23/h4-7,12-13,15H,8-11,14H2,1-3H3. The van der Waals surface area contributed by atoms with Crippen molar-refractivity contribution < 1.29 is 18.6 Å². The zero-order valence-electron chi connectivity index (χ0n) is 19.3. The van der Waals surface area contributed by atoms with E-state index in [9.17, 15) is 0 Å². The number of benzene rings is 2. The monoisotopic (exact) mass is 498 g/mol. The lowest BCUT2D eigenvalue weighted by molar-refractivity contribution is 0.159. The minimum Gasteiger partial charge on any atom is -0.493 e. The number of piperidine rings is 1. The quantitative estimate of drug-likeness (QED) is 0.316. The van der Waals surface area contributed by atoms with Gasteiger partial charge in [-0.15, -0.1) is 16.4 Å². The van der Waals surface area contributed by atoms with Crippen molar-refractivity contribution in [2.45, 2.75) is 25.4 Å². The van der Waals surface area contributed by atoms with Gasteiger partial charge in [0.15, 0.2) is 11.5 Å². The van der Waals surface area contributed by atoms with E-state index in [4.69, 9.17) is 35.8 Å². The van der Waals surface area contributed by atoms with Crippen LogP contribution in [0, 0.1) is 4.84 Å². The van der Waals surface area contributed by atoms with Gasteiger partial charge in [-0.05, 0) is 49.3 Å². The molecular weight excluding hydrogens is 472 g/mol. The van der Waals surface area contributed by atoms with E-state index in [1.807, 2.05) is 17.4 Å². The number of hydrogen-bond donors (Lipinski definition) is 0. The molecule has 178 valence electrons. The van der Waals surface area contributed by atoms with Crippen LogP contribution in [0.15, 0.2) is 40.8 Å². The number of aromatic nitrogens is 3. The normalized spacial score (nSPS) is 15.0. The van der Waals surface area contributed by atoms with Crippen molar-refractivity contribution in [1.82, 2.24) is 19.7 Å². The summed E-state index contributed by atoms with van der Waals surface area (Å²) in [6, 6.07) is 11.9. The van der Waals surface area contributed by atoms with E-state index in [0.29, 0.717) is 46.1 Å². The Labute approximate surface area is 206 Å². The minimum atomic E-state index is 0.331. The van der Waals surface area contributed by atoms with Gasteiger partial charge >= 0.3 is 0 Å². The summed E-state index contributed by atoms with van der Waals surface area (Å²) in [4.78, 5) is 7.54. The van der Waals surface area contributed by atoms with Crippen LogP contribution in [0.1, 0.15) is 23.8 Å². The number of methoxy groups -OCH3 is 3. The van der Waals surface area contributed by atoms with Crippen molar-refractivity contribution in [2.75, 3.05) is 34.4 Å². The van der Waals surface area contributed by atoms with E-state index in [0.717, 1.165) is 31.4 Å². The zero-order valence-corrected chi connectivity index (χ0v) is 20.9. The summed E-state index contributed by atoms with van der Waals surface area (Å²) in [5.41, 5.74) is 1.80. The summed E-state index contributed by atoms with van der Waals surface area (Å²) in [5, 5.41) is 5.87. The van der Waals surface area contributed by atoms with Gasteiger partial charge in [-0.25, -0.2) is 9.67 Å². The second-order valence-electron chi connectivity index (χ2n) is 8.14. The summed E-state index contributed by atoms with van der Waals surface area (Å²) >= 11 is 7.27. The lowest BCUT2D eigenvalue weighted by Crippen LogP contribution is -2.34. The van der Waals surface area contributed by atoms with Gasteiger partial charge in [-0.1, -0.05) is 12.1 Å². The Bertz CT molecular complexity index is 1300. The number of ether oxygens (including phenoxy) is 3. The minimum absolute atomic E-state index is 0.331. The first-order chi connectivity index (χ1) is 16.6. The summed E-state index contributed by atoms with van der Waals surface area (Å²) in [5.74, 6) is 2.49. The second-order valence-corrected chi connectivity index (χ2v) is 9.55. The Morgan fingerprint density at radius 1 is 1.06 bits per heavy atom. The summed E-state index contributed by atoms with van der Waals surface area (Å²) in [7, 11) is 4.72. The fourth-order valence-corrected chi connectivity index (χ4v) is 5.61. The lowest BCUT2D eigenvalue weighted by Gasteiger charge is -2.30. The van der Waals surface area contributed by atoms with Crippen LogP contribution in [0.2, 0.25) is 0 Å². The lowest BCUT2D eigenvalue weighted by atomic mass is 9.98. The molecular formula is C24H26N4O4S2. The third-order valence-corrected chi connectivity index (χ3v) is 7.59. The van der Waals surface area contributed by atoms with Crippen LogP contribution in [0.5, 0.6) is 17.2 Å². The highest BCUT2D eigenvalue weighted by Gasteiger charge is 2.24. The van der Waals surface area contributed by atoms with Crippen LogP contribution in [0.4, 0.5) is 0 Å². The van der Waals surface area contributed by atoms with Crippen molar-refractivity contribution >= 4 is 33.8 Å². The Hall–Kier alpha value is -2.95. The van der Waals surface area contributed by atoms with E-state index in [1.54, 1.807) is 38.1 Å². The van der Waals surface area contributed by atoms with E-state index in [2.05, 4.69) is 28.2 Å². The topological polar surface area (TPSA) is 74.8 Å². The first kappa shape index (κ1) is 22.8.